The molecule has 0 bridgehead atoms. The van der Waals surface area contributed by atoms with Gasteiger partial charge in [-0.15, -0.1) is 11.8 Å². The highest BCUT2D eigenvalue weighted by atomic mass is 32.2. The highest BCUT2D eigenvalue weighted by Crippen LogP contribution is 2.39. The third-order valence-corrected chi connectivity index (χ3v) is 5.36. The van der Waals surface area contributed by atoms with Gasteiger partial charge in [-0.05, 0) is 18.9 Å². The van der Waals surface area contributed by atoms with Crippen LogP contribution in [0.5, 0.6) is 0 Å². The SMILES string of the molecule is CCCCc1cc(CSCP(=O)(O)O)n2nccc2n1. The van der Waals surface area contributed by atoms with Crippen molar-refractivity contribution < 1.29 is 14.4 Å². The molecule has 6 nitrogen and oxygen atoms in total. The molecule has 8 heteroatoms. The summed E-state index contributed by atoms with van der Waals surface area (Å²) in [7, 11) is -3.96. The zero-order valence-corrected chi connectivity index (χ0v) is 13.0. The Morgan fingerprint density at radius 3 is 2.95 bits per heavy atom. The summed E-state index contributed by atoms with van der Waals surface area (Å²) in [6.45, 7) is 2.13. The fourth-order valence-electron chi connectivity index (χ4n) is 1.89. The van der Waals surface area contributed by atoms with E-state index >= 15 is 0 Å². The molecule has 0 atom stereocenters. The van der Waals surface area contributed by atoms with Crippen LogP contribution < -0.4 is 0 Å². The first-order valence-electron chi connectivity index (χ1n) is 6.44. The lowest BCUT2D eigenvalue weighted by Gasteiger charge is -2.08. The predicted molar refractivity (Wildman–Crippen MR) is 79.8 cm³/mol. The van der Waals surface area contributed by atoms with E-state index in [1.165, 1.54) is 11.8 Å². The van der Waals surface area contributed by atoms with Crippen molar-refractivity contribution in [2.24, 2.45) is 0 Å². The van der Waals surface area contributed by atoms with E-state index in [4.69, 9.17) is 9.79 Å². The summed E-state index contributed by atoms with van der Waals surface area (Å²) in [4.78, 5) is 22.3. The highest BCUT2D eigenvalue weighted by Gasteiger charge is 2.14. The molecule has 0 saturated heterocycles. The first-order valence-corrected chi connectivity index (χ1v) is 9.39. The third-order valence-electron chi connectivity index (χ3n) is 2.78. The number of fused-ring (bicyclic) bond motifs is 1. The van der Waals surface area contributed by atoms with Gasteiger partial charge in [-0.2, -0.15) is 5.10 Å². The molecule has 0 amide bonds. The van der Waals surface area contributed by atoms with Gasteiger partial charge < -0.3 is 9.79 Å². The molecule has 0 saturated carbocycles. The van der Waals surface area contributed by atoms with E-state index in [1.54, 1.807) is 10.7 Å². The van der Waals surface area contributed by atoms with Crippen molar-refractivity contribution in [3.63, 3.8) is 0 Å². The number of aryl methyl sites for hydroxylation is 1. The number of thioether (sulfide) groups is 1. The molecule has 0 aliphatic carbocycles. The second kappa shape index (κ2) is 6.72. The zero-order valence-electron chi connectivity index (χ0n) is 11.3. The highest BCUT2D eigenvalue weighted by molar-refractivity contribution is 8.03. The molecule has 2 heterocycles. The van der Waals surface area contributed by atoms with Gasteiger partial charge in [-0.1, -0.05) is 13.3 Å². The van der Waals surface area contributed by atoms with E-state index in [0.717, 1.165) is 36.3 Å². The Hall–Kier alpha value is -0.880. The number of aromatic nitrogens is 3. The molecule has 0 unspecified atom stereocenters. The number of nitrogens with zero attached hydrogens (tertiary/aromatic N) is 3. The van der Waals surface area contributed by atoms with Gasteiger partial charge in [0, 0.05) is 17.5 Å². The van der Waals surface area contributed by atoms with E-state index in [9.17, 15) is 4.57 Å². The molecular weight excluding hydrogens is 297 g/mol. The average molecular weight is 315 g/mol. The van der Waals surface area contributed by atoms with Crippen LogP contribution in [-0.2, 0) is 16.7 Å². The van der Waals surface area contributed by atoms with Gasteiger partial charge in [0.25, 0.3) is 0 Å². The molecule has 0 aliphatic heterocycles. The molecule has 2 aromatic heterocycles. The van der Waals surface area contributed by atoms with Gasteiger partial charge in [0.05, 0.1) is 17.4 Å². The fourth-order valence-corrected chi connectivity index (χ4v) is 3.62. The quantitative estimate of drug-likeness (QED) is 0.763. The minimum absolute atomic E-state index is 0.178. The smallest absolute Gasteiger partial charge is 0.324 e. The Labute approximate surface area is 121 Å². The number of unbranched alkanes of at least 4 members (excludes halogenated alkanes) is 1. The van der Waals surface area contributed by atoms with Crippen LogP contribution in [0.25, 0.3) is 5.65 Å². The maximum atomic E-state index is 10.9. The van der Waals surface area contributed by atoms with Gasteiger partial charge in [0.2, 0.25) is 0 Å². The van der Waals surface area contributed by atoms with Crippen LogP contribution in [0, 0.1) is 0 Å². The molecule has 20 heavy (non-hydrogen) atoms. The summed E-state index contributed by atoms with van der Waals surface area (Å²) in [5.41, 5.74) is 2.53. The summed E-state index contributed by atoms with van der Waals surface area (Å²) < 4.78 is 12.6. The minimum atomic E-state index is -3.96. The molecule has 0 fully saturated rings. The van der Waals surface area contributed by atoms with Gasteiger partial charge in [-0.3, -0.25) is 4.57 Å². The molecule has 110 valence electrons. The first kappa shape index (κ1) is 15.5. The van der Waals surface area contributed by atoms with Crippen LogP contribution in [0.2, 0.25) is 0 Å². The first-order chi connectivity index (χ1) is 9.49. The Morgan fingerprint density at radius 2 is 2.25 bits per heavy atom. The van der Waals surface area contributed by atoms with Gasteiger partial charge in [0.15, 0.2) is 5.65 Å². The van der Waals surface area contributed by atoms with Crippen LogP contribution in [0.4, 0.5) is 0 Å². The lowest BCUT2D eigenvalue weighted by molar-refractivity contribution is 0.379. The summed E-state index contributed by atoms with van der Waals surface area (Å²) in [6.07, 6.45) is 4.78. The van der Waals surface area contributed by atoms with E-state index in [2.05, 4.69) is 17.0 Å². The second-order valence-corrected chi connectivity index (χ2v) is 7.64. The van der Waals surface area contributed by atoms with E-state index < -0.39 is 7.60 Å². The van der Waals surface area contributed by atoms with Crippen molar-refractivity contribution >= 4 is 25.0 Å². The van der Waals surface area contributed by atoms with Crippen molar-refractivity contribution in [2.75, 3.05) is 5.49 Å². The molecule has 0 radical (unpaired) electrons. The van der Waals surface area contributed by atoms with Gasteiger partial charge in [0.1, 0.15) is 0 Å². The molecule has 0 spiro atoms. The molecule has 2 N–H and O–H groups in total. The van der Waals surface area contributed by atoms with Crippen LogP contribution in [-0.4, -0.2) is 29.9 Å². The average Bonchev–Trinajstić information content (AvgIpc) is 2.83. The van der Waals surface area contributed by atoms with E-state index in [-0.39, 0.29) is 5.49 Å². The van der Waals surface area contributed by atoms with Gasteiger partial charge in [-0.25, -0.2) is 9.50 Å². The molecule has 0 aromatic carbocycles. The maximum Gasteiger partial charge on any atom is 0.335 e. The molecule has 2 aromatic rings. The zero-order chi connectivity index (χ0) is 14.6. The van der Waals surface area contributed by atoms with Crippen molar-refractivity contribution in [2.45, 2.75) is 31.9 Å². The van der Waals surface area contributed by atoms with Crippen molar-refractivity contribution in [1.82, 2.24) is 14.6 Å². The molecular formula is C12H18N3O3PS. The number of rotatable bonds is 7. The Balaban J connectivity index is 2.17. The summed E-state index contributed by atoms with van der Waals surface area (Å²) in [5, 5.41) is 4.20. The van der Waals surface area contributed by atoms with Gasteiger partial charge >= 0.3 is 7.60 Å². The van der Waals surface area contributed by atoms with Crippen molar-refractivity contribution in [3.05, 3.63) is 29.7 Å². The lowest BCUT2D eigenvalue weighted by Crippen LogP contribution is -2.03. The number of hydrogen-bond acceptors (Lipinski definition) is 4. The Morgan fingerprint density at radius 1 is 1.45 bits per heavy atom. The summed E-state index contributed by atoms with van der Waals surface area (Å²) in [6, 6.07) is 3.81. The fraction of sp³-hybridized carbons (Fsp3) is 0.500. The summed E-state index contributed by atoms with van der Waals surface area (Å²) >= 11 is 1.21. The van der Waals surface area contributed by atoms with Crippen LogP contribution >= 0.6 is 19.4 Å². The number of hydrogen-bond donors (Lipinski definition) is 2. The van der Waals surface area contributed by atoms with Crippen LogP contribution in [0.1, 0.15) is 31.2 Å². The van der Waals surface area contributed by atoms with Crippen LogP contribution in [0.15, 0.2) is 18.3 Å². The van der Waals surface area contributed by atoms with Crippen molar-refractivity contribution in [3.8, 4) is 0 Å². The molecule has 0 aliphatic rings. The monoisotopic (exact) mass is 315 g/mol. The molecule has 2 rings (SSSR count). The lowest BCUT2D eigenvalue weighted by atomic mass is 10.2. The normalized spacial score (nSPS) is 12.2. The second-order valence-electron chi connectivity index (χ2n) is 4.59. The maximum absolute atomic E-state index is 10.9. The Kier molecular flexibility index (Phi) is 5.21. The largest absolute Gasteiger partial charge is 0.335 e. The standard InChI is InChI=1S/C12H18N3O3PS/c1-2-3-4-10-7-11(8-20-9-19(16,17)18)15-12(14-10)5-6-13-15/h5-7H,2-4,8-9H2,1H3,(H2,16,17,18). The van der Waals surface area contributed by atoms with Crippen molar-refractivity contribution in [1.29, 1.82) is 0 Å². The minimum Gasteiger partial charge on any atom is -0.324 e. The van der Waals surface area contributed by atoms with Crippen LogP contribution in [0.3, 0.4) is 0 Å². The van der Waals surface area contributed by atoms with E-state index in [1.807, 2.05) is 12.1 Å². The topological polar surface area (TPSA) is 87.7 Å². The third kappa shape index (κ3) is 4.31. The van der Waals surface area contributed by atoms with E-state index in [0.29, 0.717) is 5.75 Å². The summed E-state index contributed by atoms with van der Waals surface area (Å²) in [5.74, 6) is 0.505. The predicted octanol–water partition coefficient (Wildman–Crippen LogP) is 2.44. The Bertz CT molecular complexity index is 625.